The van der Waals surface area contributed by atoms with E-state index in [1.807, 2.05) is 0 Å². The van der Waals surface area contributed by atoms with Gasteiger partial charge >= 0.3 is 0 Å². The fourth-order valence-corrected chi connectivity index (χ4v) is 4.14. The molecule has 6 nitrogen and oxygen atoms in total. The molecule has 3 rings (SSSR count). The lowest BCUT2D eigenvalue weighted by molar-refractivity contribution is 0.174. The van der Waals surface area contributed by atoms with E-state index in [1.165, 1.54) is 12.1 Å². The minimum absolute atomic E-state index is 0.0737. The largest absolute Gasteiger partial charge is 0.454 e. The first-order valence-electron chi connectivity index (χ1n) is 6.72. The van der Waals surface area contributed by atoms with Gasteiger partial charge in [0.1, 0.15) is 0 Å². The van der Waals surface area contributed by atoms with Crippen molar-refractivity contribution in [1.82, 2.24) is 4.72 Å². The van der Waals surface area contributed by atoms with Crippen LogP contribution in [0.2, 0.25) is 0 Å². The lowest BCUT2D eigenvalue weighted by Crippen LogP contribution is -2.39. The highest BCUT2D eigenvalue weighted by atomic mass is 32.2. The van der Waals surface area contributed by atoms with Gasteiger partial charge in [-0.25, -0.2) is 13.1 Å². The van der Waals surface area contributed by atoms with Crippen molar-refractivity contribution in [3.05, 3.63) is 18.2 Å². The van der Waals surface area contributed by atoms with Crippen molar-refractivity contribution in [2.75, 3.05) is 13.3 Å². The van der Waals surface area contributed by atoms with Crippen LogP contribution in [0.1, 0.15) is 19.3 Å². The number of hydrogen-bond donors (Lipinski definition) is 2. The van der Waals surface area contributed by atoms with Crippen LogP contribution < -0.4 is 19.9 Å². The quantitative estimate of drug-likeness (QED) is 0.859. The standard InChI is InChI=1S/C13H18N2O4S/c14-7-9-2-1-3-11(9)15-20(16,17)10-4-5-12-13(6-10)19-8-18-12/h4-6,9,11,15H,1-3,7-8,14H2/t9-,11-/m1/s1. The number of nitrogens with two attached hydrogens (primary N) is 1. The Morgan fingerprint density at radius 3 is 2.85 bits per heavy atom. The molecular weight excluding hydrogens is 280 g/mol. The smallest absolute Gasteiger partial charge is 0.240 e. The second-order valence-corrected chi connectivity index (χ2v) is 6.88. The molecule has 1 aromatic carbocycles. The van der Waals surface area contributed by atoms with Crippen LogP contribution in [0, 0.1) is 5.92 Å². The SMILES string of the molecule is NC[C@H]1CCC[C@H]1NS(=O)(=O)c1ccc2c(c1)OCO2. The summed E-state index contributed by atoms with van der Waals surface area (Å²) in [6.07, 6.45) is 2.83. The monoisotopic (exact) mass is 298 g/mol. The molecule has 1 aliphatic carbocycles. The van der Waals surface area contributed by atoms with Crippen LogP contribution in [0.4, 0.5) is 0 Å². The van der Waals surface area contributed by atoms with Gasteiger partial charge in [0, 0.05) is 12.1 Å². The molecule has 1 aromatic rings. The third-order valence-electron chi connectivity index (χ3n) is 3.92. The molecule has 110 valence electrons. The Morgan fingerprint density at radius 1 is 1.25 bits per heavy atom. The summed E-state index contributed by atoms with van der Waals surface area (Å²) >= 11 is 0. The van der Waals surface area contributed by atoms with Crippen molar-refractivity contribution in [3.63, 3.8) is 0 Å². The molecular formula is C13H18N2O4S. The lowest BCUT2D eigenvalue weighted by Gasteiger charge is -2.19. The molecule has 0 saturated heterocycles. The molecule has 1 saturated carbocycles. The van der Waals surface area contributed by atoms with Crippen molar-refractivity contribution in [3.8, 4) is 11.5 Å². The normalized spacial score (nSPS) is 25.1. The van der Waals surface area contributed by atoms with E-state index in [4.69, 9.17) is 15.2 Å². The van der Waals surface area contributed by atoms with Crippen molar-refractivity contribution in [1.29, 1.82) is 0 Å². The predicted molar refractivity (Wildman–Crippen MR) is 73.1 cm³/mol. The van der Waals surface area contributed by atoms with E-state index in [0.29, 0.717) is 18.0 Å². The molecule has 20 heavy (non-hydrogen) atoms. The first-order valence-corrected chi connectivity index (χ1v) is 8.20. The van der Waals surface area contributed by atoms with Crippen LogP contribution in [-0.4, -0.2) is 27.8 Å². The molecule has 0 unspecified atom stereocenters. The average Bonchev–Trinajstić information content (AvgIpc) is 3.05. The van der Waals surface area contributed by atoms with E-state index in [9.17, 15) is 8.42 Å². The predicted octanol–water partition coefficient (Wildman–Crippen LogP) is 0.821. The van der Waals surface area contributed by atoms with Crippen LogP contribution in [0.15, 0.2) is 23.1 Å². The second kappa shape index (κ2) is 5.23. The number of hydrogen-bond acceptors (Lipinski definition) is 5. The van der Waals surface area contributed by atoms with Gasteiger partial charge in [0.25, 0.3) is 0 Å². The van der Waals surface area contributed by atoms with Crippen molar-refractivity contribution in [2.24, 2.45) is 11.7 Å². The van der Waals surface area contributed by atoms with E-state index in [-0.39, 0.29) is 23.6 Å². The summed E-state index contributed by atoms with van der Waals surface area (Å²) in [6.45, 7) is 0.637. The maximum Gasteiger partial charge on any atom is 0.240 e. The van der Waals surface area contributed by atoms with Gasteiger partial charge in [-0.2, -0.15) is 0 Å². The summed E-state index contributed by atoms with van der Waals surface area (Å²) in [5.74, 6) is 1.26. The van der Waals surface area contributed by atoms with E-state index < -0.39 is 10.0 Å². The number of rotatable bonds is 4. The summed E-state index contributed by atoms with van der Waals surface area (Å²) in [4.78, 5) is 0.199. The minimum Gasteiger partial charge on any atom is -0.454 e. The Morgan fingerprint density at radius 2 is 2.05 bits per heavy atom. The lowest BCUT2D eigenvalue weighted by atomic mass is 10.1. The topological polar surface area (TPSA) is 90.7 Å². The first kappa shape index (κ1) is 13.7. The molecule has 7 heteroatoms. The summed E-state index contributed by atoms with van der Waals surface area (Å²) < 4.78 is 38.0. The van der Waals surface area contributed by atoms with E-state index in [1.54, 1.807) is 6.07 Å². The van der Waals surface area contributed by atoms with Gasteiger partial charge < -0.3 is 15.2 Å². The van der Waals surface area contributed by atoms with E-state index >= 15 is 0 Å². The first-order chi connectivity index (χ1) is 9.60. The van der Waals surface area contributed by atoms with Crippen LogP contribution >= 0.6 is 0 Å². The fourth-order valence-electron chi connectivity index (χ4n) is 2.79. The second-order valence-electron chi connectivity index (χ2n) is 5.17. The Balaban J connectivity index is 1.81. The van der Waals surface area contributed by atoms with Gasteiger partial charge in [0.2, 0.25) is 16.8 Å². The number of fused-ring (bicyclic) bond motifs is 1. The van der Waals surface area contributed by atoms with Crippen LogP contribution in [0.5, 0.6) is 11.5 Å². The Hall–Kier alpha value is -1.31. The van der Waals surface area contributed by atoms with Gasteiger partial charge in [-0.15, -0.1) is 0 Å². The van der Waals surface area contributed by atoms with Crippen LogP contribution in [0.3, 0.4) is 0 Å². The average molecular weight is 298 g/mol. The van der Waals surface area contributed by atoms with Gasteiger partial charge in [-0.1, -0.05) is 6.42 Å². The Bertz CT molecular complexity index is 602. The van der Waals surface area contributed by atoms with Crippen molar-refractivity contribution < 1.29 is 17.9 Å². The highest BCUT2D eigenvalue weighted by Crippen LogP contribution is 2.34. The molecule has 2 aliphatic rings. The number of nitrogens with one attached hydrogen (secondary N) is 1. The third kappa shape index (κ3) is 2.48. The molecule has 0 spiro atoms. The van der Waals surface area contributed by atoms with Gasteiger partial charge in [0.15, 0.2) is 11.5 Å². The van der Waals surface area contributed by atoms with E-state index in [0.717, 1.165) is 19.3 Å². The molecule has 0 radical (unpaired) electrons. The highest BCUT2D eigenvalue weighted by Gasteiger charge is 2.31. The zero-order valence-corrected chi connectivity index (χ0v) is 11.9. The molecule has 0 bridgehead atoms. The number of sulfonamides is 1. The summed E-state index contributed by atoms with van der Waals surface area (Å²) in [5.41, 5.74) is 5.68. The zero-order chi connectivity index (χ0) is 14.2. The van der Waals surface area contributed by atoms with E-state index in [2.05, 4.69) is 4.72 Å². The summed E-state index contributed by atoms with van der Waals surface area (Å²) in [5, 5.41) is 0. The van der Waals surface area contributed by atoms with Crippen molar-refractivity contribution >= 4 is 10.0 Å². The maximum absolute atomic E-state index is 12.4. The molecule has 1 fully saturated rings. The molecule has 1 heterocycles. The van der Waals surface area contributed by atoms with Crippen LogP contribution in [-0.2, 0) is 10.0 Å². The molecule has 0 aromatic heterocycles. The highest BCUT2D eigenvalue weighted by molar-refractivity contribution is 7.89. The summed E-state index contributed by atoms with van der Waals surface area (Å²) in [6, 6.07) is 4.57. The Kier molecular flexibility index (Phi) is 3.57. The number of ether oxygens (including phenoxy) is 2. The third-order valence-corrected chi connectivity index (χ3v) is 5.41. The maximum atomic E-state index is 12.4. The summed E-state index contributed by atoms with van der Waals surface area (Å²) in [7, 11) is -3.55. The molecule has 3 N–H and O–H groups in total. The van der Waals surface area contributed by atoms with Gasteiger partial charge in [0.05, 0.1) is 4.90 Å². The number of benzene rings is 1. The minimum atomic E-state index is -3.55. The van der Waals surface area contributed by atoms with Gasteiger partial charge in [-0.05, 0) is 37.4 Å². The fraction of sp³-hybridized carbons (Fsp3) is 0.538. The molecule has 1 aliphatic heterocycles. The molecule has 2 atom stereocenters. The molecule has 0 amide bonds. The Labute approximate surface area is 118 Å². The van der Waals surface area contributed by atoms with Crippen LogP contribution in [0.25, 0.3) is 0 Å². The van der Waals surface area contributed by atoms with Crippen molar-refractivity contribution in [2.45, 2.75) is 30.2 Å². The van der Waals surface area contributed by atoms with Gasteiger partial charge in [-0.3, -0.25) is 0 Å². The zero-order valence-electron chi connectivity index (χ0n) is 11.0.